The van der Waals surface area contributed by atoms with Crippen molar-refractivity contribution < 1.29 is 9.63 Å². The van der Waals surface area contributed by atoms with Crippen LogP contribution in [0.2, 0.25) is 0 Å². The number of carbonyl (C=O) groups is 1. The van der Waals surface area contributed by atoms with Crippen molar-refractivity contribution in [1.82, 2.24) is 19.9 Å². The van der Waals surface area contributed by atoms with E-state index in [1.54, 1.807) is 18.5 Å². The predicted molar refractivity (Wildman–Crippen MR) is 54.9 cm³/mol. The van der Waals surface area contributed by atoms with E-state index in [2.05, 4.69) is 15.1 Å². The molecule has 2 aromatic rings. The molecule has 0 amide bonds. The minimum atomic E-state index is -0.441. The van der Waals surface area contributed by atoms with Gasteiger partial charge in [-0.05, 0) is 6.07 Å². The van der Waals surface area contributed by atoms with Crippen LogP contribution >= 0.6 is 0 Å². The van der Waals surface area contributed by atoms with E-state index in [0.29, 0.717) is 11.3 Å². The second-order valence-corrected chi connectivity index (χ2v) is 3.02. The van der Waals surface area contributed by atoms with Gasteiger partial charge in [0.1, 0.15) is 0 Å². The molecule has 0 aliphatic heterocycles. The van der Waals surface area contributed by atoms with Gasteiger partial charge in [-0.2, -0.15) is 0 Å². The Morgan fingerprint density at radius 2 is 2.12 bits per heavy atom. The largest absolute Gasteiger partial charge is 0.368 e. The van der Waals surface area contributed by atoms with Crippen LogP contribution in [0, 0.1) is 0 Å². The highest BCUT2D eigenvalue weighted by molar-refractivity contribution is 5.66. The predicted octanol–water partition coefficient (Wildman–Crippen LogP) is -0.103. The molecule has 16 heavy (non-hydrogen) atoms. The van der Waals surface area contributed by atoms with Crippen molar-refractivity contribution in [2.75, 3.05) is 5.73 Å². The number of nitrogens with zero attached hydrogens (tertiary/aromatic N) is 4. The Morgan fingerprint density at radius 3 is 2.75 bits per heavy atom. The summed E-state index contributed by atoms with van der Waals surface area (Å²) in [4.78, 5) is 24.2. The molecule has 0 radical (unpaired) electrons. The fourth-order valence-electron chi connectivity index (χ4n) is 1.11. The van der Waals surface area contributed by atoms with E-state index in [9.17, 15) is 4.79 Å². The summed E-state index contributed by atoms with van der Waals surface area (Å²) >= 11 is 0. The molecule has 0 aromatic carbocycles. The van der Waals surface area contributed by atoms with Crippen LogP contribution < -0.4 is 10.6 Å². The topological polar surface area (TPSA) is 95.9 Å². The number of carbonyl (C=O) groups excluding carboxylic acids is 1. The Bertz CT molecular complexity index is 505. The second kappa shape index (κ2) is 3.97. The van der Waals surface area contributed by atoms with Crippen molar-refractivity contribution in [1.29, 1.82) is 0 Å². The van der Waals surface area contributed by atoms with Gasteiger partial charge in [0.2, 0.25) is 5.95 Å². The van der Waals surface area contributed by atoms with Crippen LogP contribution in [0.5, 0.6) is 0 Å². The van der Waals surface area contributed by atoms with Gasteiger partial charge < -0.3 is 10.6 Å². The Labute approximate surface area is 90.8 Å². The van der Waals surface area contributed by atoms with Gasteiger partial charge in [0.15, 0.2) is 0 Å². The Kier molecular flexibility index (Phi) is 2.50. The lowest BCUT2D eigenvalue weighted by atomic mass is 10.2. The lowest BCUT2D eigenvalue weighted by Crippen LogP contribution is -2.16. The molecule has 2 aromatic heterocycles. The smallest absolute Gasteiger partial charge is 0.331 e. The number of rotatable bonds is 2. The lowest BCUT2D eigenvalue weighted by molar-refractivity contribution is -0.143. The first-order chi connectivity index (χ1) is 7.65. The molecular formula is C9H9N5O2. The third-order valence-corrected chi connectivity index (χ3v) is 1.76. The van der Waals surface area contributed by atoms with Gasteiger partial charge in [-0.1, -0.05) is 4.85 Å². The minimum absolute atomic E-state index is 0.197. The monoisotopic (exact) mass is 219 g/mol. The zero-order valence-electron chi connectivity index (χ0n) is 8.49. The molecule has 2 rings (SSSR count). The van der Waals surface area contributed by atoms with E-state index in [1.165, 1.54) is 13.1 Å². The number of hydrogen-bond acceptors (Lipinski definition) is 6. The SMILES string of the molecule is CC(=O)On1ccc(-c2cnc(N)nc2)n1. The third-order valence-electron chi connectivity index (χ3n) is 1.76. The molecule has 0 bridgehead atoms. The van der Waals surface area contributed by atoms with Crippen LogP contribution in [0.25, 0.3) is 11.3 Å². The van der Waals surface area contributed by atoms with Crippen LogP contribution in [-0.4, -0.2) is 25.9 Å². The molecular weight excluding hydrogens is 210 g/mol. The number of hydrogen-bond donors (Lipinski definition) is 1. The maximum absolute atomic E-state index is 10.7. The highest BCUT2D eigenvalue weighted by atomic mass is 16.7. The standard InChI is InChI=1S/C9H9N5O2/c1-6(15)16-14-3-2-8(13-14)7-4-11-9(10)12-5-7/h2-5H,1H3,(H2,10,11,12). The van der Waals surface area contributed by atoms with Gasteiger partial charge >= 0.3 is 5.97 Å². The van der Waals surface area contributed by atoms with Crippen molar-refractivity contribution in [3.05, 3.63) is 24.7 Å². The average Bonchev–Trinajstić information content (AvgIpc) is 2.66. The van der Waals surface area contributed by atoms with E-state index in [0.717, 1.165) is 4.85 Å². The molecule has 0 saturated carbocycles. The Morgan fingerprint density at radius 1 is 1.44 bits per heavy atom. The summed E-state index contributed by atoms with van der Waals surface area (Å²) in [6, 6.07) is 1.68. The zero-order chi connectivity index (χ0) is 11.5. The summed E-state index contributed by atoms with van der Waals surface area (Å²) in [5, 5.41) is 4.00. The first kappa shape index (κ1) is 10.1. The van der Waals surface area contributed by atoms with Crippen molar-refractivity contribution in [3.63, 3.8) is 0 Å². The average molecular weight is 219 g/mol. The van der Waals surface area contributed by atoms with Crippen molar-refractivity contribution >= 4 is 11.9 Å². The van der Waals surface area contributed by atoms with Gasteiger partial charge in [0.05, 0.1) is 11.9 Å². The van der Waals surface area contributed by atoms with Crippen LogP contribution in [0.4, 0.5) is 5.95 Å². The van der Waals surface area contributed by atoms with Crippen LogP contribution in [0.1, 0.15) is 6.92 Å². The molecule has 0 atom stereocenters. The van der Waals surface area contributed by atoms with Gasteiger partial charge in [-0.15, -0.1) is 5.10 Å². The van der Waals surface area contributed by atoms with Gasteiger partial charge in [0, 0.05) is 24.9 Å². The fraction of sp³-hybridized carbons (Fsp3) is 0.111. The van der Waals surface area contributed by atoms with E-state index in [4.69, 9.17) is 10.6 Å². The summed E-state index contributed by atoms with van der Waals surface area (Å²) in [6.07, 6.45) is 4.61. The highest BCUT2D eigenvalue weighted by Crippen LogP contribution is 2.14. The van der Waals surface area contributed by atoms with E-state index in [-0.39, 0.29) is 5.95 Å². The molecule has 0 aliphatic carbocycles. The van der Waals surface area contributed by atoms with E-state index in [1.807, 2.05) is 0 Å². The normalized spacial score (nSPS) is 10.1. The van der Waals surface area contributed by atoms with E-state index >= 15 is 0 Å². The molecule has 2 heterocycles. The number of nitrogens with two attached hydrogens (primary N) is 1. The molecule has 0 saturated heterocycles. The molecule has 0 aliphatic rings. The van der Waals surface area contributed by atoms with E-state index < -0.39 is 5.97 Å². The van der Waals surface area contributed by atoms with Crippen LogP contribution in [0.15, 0.2) is 24.7 Å². The highest BCUT2D eigenvalue weighted by Gasteiger charge is 2.05. The Hall–Kier alpha value is -2.44. The molecule has 0 spiro atoms. The van der Waals surface area contributed by atoms with Crippen molar-refractivity contribution in [2.24, 2.45) is 0 Å². The number of anilines is 1. The summed E-state index contributed by atoms with van der Waals surface area (Å²) in [6.45, 7) is 1.30. The molecule has 82 valence electrons. The minimum Gasteiger partial charge on any atom is -0.368 e. The Balaban J connectivity index is 2.24. The first-order valence-corrected chi connectivity index (χ1v) is 4.47. The maximum Gasteiger partial charge on any atom is 0.331 e. The van der Waals surface area contributed by atoms with Crippen LogP contribution in [0.3, 0.4) is 0 Å². The molecule has 0 unspecified atom stereocenters. The van der Waals surface area contributed by atoms with Crippen molar-refractivity contribution in [2.45, 2.75) is 6.92 Å². The van der Waals surface area contributed by atoms with Gasteiger partial charge in [-0.25, -0.2) is 14.8 Å². The lowest BCUT2D eigenvalue weighted by Gasteiger charge is -1.98. The fourth-order valence-corrected chi connectivity index (χ4v) is 1.11. The maximum atomic E-state index is 10.7. The summed E-state index contributed by atoms with van der Waals surface area (Å²) in [7, 11) is 0. The molecule has 7 nitrogen and oxygen atoms in total. The number of aromatic nitrogens is 4. The first-order valence-electron chi connectivity index (χ1n) is 4.47. The summed E-state index contributed by atoms with van der Waals surface area (Å²) in [5.41, 5.74) is 6.65. The van der Waals surface area contributed by atoms with Crippen LogP contribution in [-0.2, 0) is 4.79 Å². The summed E-state index contributed by atoms with van der Waals surface area (Å²) in [5.74, 6) is -0.244. The second-order valence-electron chi connectivity index (χ2n) is 3.02. The summed E-state index contributed by atoms with van der Waals surface area (Å²) < 4.78 is 0. The molecule has 7 heteroatoms. The van der Waals surface area contributed by atoms with Crippen molar-refractivity contribution in [3.8, 4) is 11.3 Å². The molecule has 2 N–H and O–H groups in total. The zero-order valence-corrected chi connectivity index (χ0v) is 8.49. The number of nitrogen functional groups attached to an aromatic ring is 1. The third kappa shape index (κ3) is 2.14. The molecule has 0 fully saturated rings. The van der Waals surface area contributed by atoms with Gasteiger partial charge in [-0.3, -0.25) is 0 Å². The van der Waals surface area contributed by atoms with Gasteiger partial charge in [0.25, 0.3) is 0 Å². The quantitative estimate of drug-likeness (QED) is 0.757.